The Labute approximate surface area is 142 Å². The minimum Gasteiger partial charge on any atom is -0.316 e. The third-order valence-electron chi connectivity index (χ3n) is 4.06. The smallest absolute Gasteiger partial charge is 0.276 e. The first-order valence-corrected chi connectivity index (χ1v) is 8.07. The second kappa shape index (κ2) is 6.18. The van der Waals surface area contributed by atoms with Crippen LogP contribution in [-0.4, -0.2) is 39.2 Å². The van der Waals surface area contributed by atoms with Crippen molar-refractivity contribution in [2.45, 2.75) is 12.3 Å². The number of hydrogen-bond acceptors (Lipinski definition) is 5. The molecule has 7 nitrogen and oxygen atoms in total. The lowest BCUT2D eigenvalue weighted by atomic mass is 10.1. The molecule has 0 aliphatic carbocycles. The van der Waals surface area contributed by atoms with Crippen LogP contribution in [-0.2, 0) is 0 Å². The summed E-state index contributed by atoms with van der Waals surface area (Å²) in [5.74, 6) is 1.000. The number of carbonyl (C=O) groups is 1. The van der Waals surface area contributed by atoms with Gasteiger partial charge in [0.15, 0.2) is 0 Å². The number of aromatic nitrogens is 4. The number of nitrogens with zero attached hydrogens (tertiary/aromatic N) is 3. The molecule has 3 aromatic rings. The highest BCUT2D eigenvalue weighted by Crippen LogP contribution is 2.20. The summed E-state index contributed by atoms with van der Waals surface area (Å²) in [6.07, 6.45) is 1.01. The molecule has 3 heterocycles. The van der Waals surface area contributed by atoms with Crippen LogP contribution in [0.15, 0.2) is 30.3 Å². The van der Waals surface area contributed by atoms with Crippen molar-refractivity contribution >= 4 is 34.4 Å². The largest absolute Gasteiger partial charge is 0.316 e. The Morgan fingerprint density at radius 2 is 2.12 bits per heavy atom. The van der Waals surface area contributed by atoms with Gasteiger partial charge >= 0.3 is 0 Å². The van der Waals surface area contributed by atoms with Gasteiger partial charge in [-0.1, -0.05) is 23.7 Å². The molecule has 1 fully saturated rings. The van der Waals surface area contributed by atoms with E-state index in [-0.39, 0.29) is 11.9 Å². The van der Waals surface area contributed by atoms with Gasteiger partial charge in [-0.25, -0.2) is 4.98 Å². The van der Waals surface area contributed by atoms with Crippen LogP contribution in [0.1, 0.15) is 28.7 Å². The number of aromatic amines is 1. The third kappa shape index (κ3) is 2.95. The lowest BCUT2D eigenvalue weighted by Crippen LogP contribution is -2.14. The van der Waals surface area contributed by atoms with Crippen LogP contribution in [0.2, 0.25) is 5.02 Å². The highest BCUT2D eigenvalue weighted by Gasteiger charge is 2.21. The first-order valence-electron chi connectivity index (χ1n) is 7.70. The molecule has 1 unspecified atom stereocenters. The lowest BCUT2D eigenvalue weighted by molar-refractivity contribution is 0.102. The van der Waals surface area contributed by atoms with Crippen LogP contribution < -0.4 is 10.6 Å². The van der Waals surface area contributed by atoms with E-state index in [0.717, 1.165) is 30.7 Å². The predicted molar refractivity (Wildman–Crippen MR) is 91.3 cm³/mol. The molecule has 2 aromatic heterocycles. The Hall–Kier alpha value is -2.51. The van der Waals surface area contributed by atoms with Crippen molar-refractivity contribution in [3.8, 4) is 0 Å². The normalized spacial score (nSPS) is 17.3. The van der Waals surface area contributed by atoms with Gasteiger partial charge in [-0.3, -0.25) is 15.2 Å². The molecule has 1 aliphatic heterocycles. The topological polar surface area (TPSA) is 95.6 Å². The molecule has 0 saturated carbocycles. The van der Waals surface area contributed by atoms with Gasteiger partial charge in [-0.05, 0) is 31.2 Å². The maximum absolute atomic E-state index is 12.4. The van der Waals surface area contributed by atoms with Crippen LogP contribution in [0.4, 0.5) is 5.95 Å². The number of amides is 1. The van der Waals surface area contributed by atoms with E-state index in [1.165, 1.54) is 0 Å². The fourth-order valence-electron chi connectivity index (χ4n) is 2.78. The molecule has 4 rings (SSSR count). The molecule has 3 N–H and O–H groups in total. The van der Waals surface area contributed by atoms with E-state index in [4.69, 9.17) is 11.6 Å². The van der Waals surface area contributed by atoms with Gasteiger partial charge in [-0.2, -0.15) is 4.98 Å². The summed E-state index contributed by atoms with van der Waals surface area (Å²) < 4.78 is 0. The van der Waals surface area contributed by atoms with E-state index in [0.29, 0.717) is 22.2 Å². The average Bonchev–Trinajstić information content (AvgIpc) is 3.25. The van der Waals surface area contributed by atoms with E-state index in [2.05, 4.69) is 30.8 Å². The molecule has 0 bridgehead atoms. The summed E-state index contributed by atoms with van der Waals surface area (Å²) in [6.45, 7) is 1.84. The first kappa shape index (κ1) is 15.0. The zero-order chi connectivity index (χ0) is 16.5. The van der Waals surface area contributed by atoms with E-state index < -0.39 is 0 Å². The van der Waals surface area contributed by atoms with Gasteiger partial charge in [0.1, 0.15) is 11.5 Å². The molecule has 122 valence electrons. The van der Waals surface area contributed by atoms with Gasteiger partial charge in [0, 0.05) is 22.9 Å². The molecule has 0 spiro atoms. The van der Waals surface area contributed by atoms with Crippen LogP contribution in [0.25, 0.3) is 10.9 Å². The van der Waals surface area contributed by atoms with Crippen molar-refractivity contribution in [3.63, 3.8) is 0 Å². The molecule has 1 saturated heterocycles. The Bertz CT molecular complexity index is 902. The minimum absolute atomic E-state index is 0.259. The first-order chi connectivity index (χ1) is 11.7. The van der Waals surface area contributed by atoms with Crippen molar-refractivity contribution in [2.75, 3.05) is 18.4 Å². The van der Waals surface area contributed by atoms with Gasteiger partial charge in [0.05, 0.1) is 5.52 Å². The van der Waals surface area contributed by atoms with Crippen molar-refractivity contribution in [1.29, 1.82) is 0 Å². The number of anilines is 1. The lowest BCUT2D eigenvalue weighted by Gasteiger charge is -2.03. The third-order valence-corrected chi connectivity index (χ3v) is 4.30. The zero-order valence-electron chi connectivity index (χ0n) is 12.7. The van der Waals surface area contributed by atoms with Crippen LogP contribution in [0.5, 0.6) is 0 Å². The van der Waals surface area contributed by atoms with Gasteiger partial charge < -0.3 is 5.32 Å². The van der Waals surface area contributed by atoms with Crippen molar-refractivity contribution in [2.24, 2.45) is 0 Å². The summed E-state index contributed by atoms with van der Waals surface area (Å²) in [4.78, 5) is 21.1. The Morgan fingerprint density at radius 1 is 1.25 bits per heavy atom. The Balaban J connectivity index is 1.53. The zero-order valence-corrected chi connectivity index (χ0v) is 13.5. The van der Waals surface area contributed by atoms with E-state index in [9.17, 15) is 4.79 Å². The summed E-state index contributed by atoms with van der Waals surface area (Å²) in [7, 11) is 0. The van der Waals surface area contributed by atoms with E-state index in [1.807, 2.05) is 12.1 Å². The number of rotatable bonds is 3. The summed E-state index contributed by atoms with van der Waals surface area (Å²) in [5, 5.41) is 14.4. The van der Waals surface area contributed by atoms with E-state index >= 15 is 0 Å². The van der Waals surface area contributed by atoms with E-state index in [1.54, 1.807) is 18.2 Å². The van der Waals surface area contributed by atoms with Gasteiger partial charge in [0.25, 0.3) is 5.91 Å². The molecular weight excluding hydrogens is 328 g/mol. The molecule has 1 atom stereocenters. The number of hydrogen-bond donors (Lipinski definition) is 3. The Morgan fingerprint density at radius 3 is 2.96 bits per heavy atom. The minimum atomic E-state index is -0.355. The fourth-order valence-corrected chi connectivity index (χ4v) is 2.95. The van der Waals surface area contributed by atoms with Crippen molar-refractivity contribution in [1.82, 2.24) is 25.5 Å². The second-order valence-corrected chi connectivity index (χ2v) is 6.16. The number of pyridine rings is 1. The number of H-pyrrole nitrogens is 1. The maximum atomic E-state index is 12.4. The predicted octanol–water partition coefficient (Wildman–Crippen LogP) is 2.34. The molecule has 24 heavy (non-hydrogen) atoms. The number of nitrogens with one attached hydrogen (secondary N) is 3. The molecule has 1 amide bonds. The van der Waals surface area contributed by atoms with Crippen LogP contribution in [0.3, 0.4) is 0 Å². The number of carbonyl (C=O) groups excluding carboxylic acids is 1. The standard InChI is InChI=1S/C16H15ClN6O/c17-11-3-1-9-2-4-12(19-13(9)7-11)15(24)21-16-20-14(22-23-16)10-5-6-18-8-10/h1-4,7,10,18H,5-6,8H2,(H2,20,21,22,23,24). The number of halogens is 1. The number of fused-ring (bicyclic) bond motifs is 1. The monoisotopic (exact) mass is 342 g/mol. The maximum Gasteiger partial charge on any atom is 0.276 e. The molecule has 8 heteroatoms. The molecule has 1 aliphatic rings. The molecule has 1 aromatic carbocycles. The molecule has 0 radical (unpaired) electrons. The summed E-state index contributed by atoms with van der Waals surface area (Å²) >= 11 is 5.98. The average molecular weight is 343 g/mol. The second-order valence-electron chi connectivity index (χ2n) is 5.72. The highest BCUT2D eigenvalue weighted by atomic mass is 35.5. The highest BCUT2D eigenvalue weighted by molar-refractivity contribution is 6.31. The van der Waals surface area contributed by atoms with Crippen molar-refractivity contribution in [3.05, 3.63) is 46.9 Å². The fraction of sp³-hybridized carbons (Fsp3) is 0.250. The molecular formula is C16H15ClN6O. The summed E-state index contributed by atoms with van der Waals surface area (Å²) in [5.41, 5.74) is 0.960. The number of benzene rings is 1. The van der Waals surface area contributed by atoms with Crippen LogP contribution in [0, 0.1) is 0 Å². The van der Waals surface area contributed by atoms with Crippen molar-refractivity contribution < 1.29 is 4.79 Å². The summed E-state index contributed by atoms with van der Waals surface area (Å²) in [6, 6.07) is 8.88. The van der Waals surface area contributed by atoms with Gasteiger partial charge in [0.2, 0.25) is 5.95 Å². The van der Waals surface area contributed by atoms with Gasteiger partial charge in [-0.15, -0.1) is 5.10 Å². The van der Waals surface area contributed by atoms with Crippen LogP contribution >= 0.6 is 11.6 Å². The quantitative estimate of drug-likeness (QED) is 0.679. The Kier molecular flexibility index (Phi) is 3.87. The SMILES string of the molecule is O=C(Nc1n[nH]c(C2CCNC2)n1)c1ccc2ccc(Cl)cc2n1.